The highest BCUT2D eigenvalue weighted by molar-refractivity contribution is 7.92. The molecule has 2 rings (SSSR count). The fourth-order valence-corrected chi connectivity index (χ4v) is 3.06. The number of rotatable bonds is 4. The number of amides is 1. The van der Waals surface area contributed by atoms with Crippen molar-refractivity contribution in [1.29, 1.82) is 0 Å². The molecule has 0 fully saturated rings. The Labute approximate surface area is 131 Å². The largest absolute Gasteiger partial charge is 0.325 e. The number of nitrogens with zero attached hydrogens (tertiary/aromatic N) is 1. The molecule has 0 saturated carbocycles. The van der Waals surface area contributed by atoms with E-state index in [4.69, 9.17) is 11.6 Å². The lowest BCUT2D eigenvalue weighted by Crippen LogP contribution is -2.15. The second-order valence-corrected chi connectivity index (χ2v) is 6.35. The van der Waals surface area contributed by atoms with Crippen LogP contribution in [0.3, 0.4) is 0 Å². The van der Waals surface area contributed by atoms with Gasteiger partial charge in [-0.1, -0.05) is 11.6 Å². The van der Waals surface area contributed by atoms with Crippen molar-refractivity contribution in [2.75, 3.05) is 10.0 Å². The zero-order chi connectivity index (χ0) is 16.3. The van der Waals surface area contributed by atoms with Crippen LogP contribution in [0.25, 0.3) is 0 Å². The Morgan fingerprint density at radius 3 is 2.68 bits per heavy atom. The summed E-state index contributed by atoms with van der Waals surface area (Å²) in [7, 11) is -4.17. The van der Waals surface area contributed by atoms with Gasteiger partial charge < -0.3 is 5.32 Å². The molecule has 0 aliphatic carbocycles. The highest BCUT2D eigenvalue weighted by Crippen LogP contribution is 2.29. The average Bonchev–Trinajstić information content (AvgIpc) is 2.42. The van der Waals surface area contributed by atoms with Gasteiger partial charge in [-0.05, 0) is 18.2 Å². The lowest BCUT2D eigenvalue weighted by atomic mass is 10.3. The van der Waals surface area contributed by atoms with E-state index in [1.807, 2.05) is 0 Å². The quantitative estimate of drug-likeness (QED) is 0.893. The Morgan fingerprint density at radius 1 is 1.36 bits per heavy atom. The van der Waals surface area contributed by atoms with Gasteiger partial charge in [-0.2, -0.15) is 0 Å². The van der Waals surface area contributed by atoms with Crippen LogP contribution < -0.4 is 10.0 Å². The third-order valence-electron chi connectivity index (χ3n) is 2.54. The number of pyridine rings is 1. The van der Waals surface area contributed by atoms with Gasteiger partial charge in [0.1, 0.15) is 10.7 Å². The molecule has 0 aliphatic heterocycles. The third kappa shape index (κ3) is 3.71. The fourth-order valence-electron chi connectivity index (χ4n) is 1.65. The van der Waals surface area contributed by atoms with E-state index in [0.29, 0.717) is 0 Å². The first-order valence-corrected chi connectivity index (χ1v) is 7.85. The van der Waals surface area contributed by atoms with Crippen LogP contribution in [0.15, 0.2) is 41.6 Å². The van der Waals surface area contributed by atoms with Crippen LogP contribution in [0.2, 0.25) is 5.02 Å². The molecule has 2 N–H and O–H groups in total. The smallest absolute Gasteiger partial charge is 0.264 e. The predicted octanol–water partition coefficient (Wildman–Crippen LogP) is 2.63. The molecule has 1 aromatic carbocycles. The first-order chi connectivity index (χ1) is 10.3. The van der Waals surface area contributed by atoms with Gasteiger partial charge in [0.2, 0.25) is 5.91 Å². The number of anilines is 2. The van der Waals surface area contributed by atoms with Crippen molar-refractivity contribution in [1.82, 2.24) is 4.98 Å². The van der Waals surface area contributed by atoms with Crippen LogP contribution in [0, 0.1) is 5.82 Å². The van der Waals surface area contributed by atoms with Crippen LogP contribution in [-0.4, -0.2) is 19.3 Å². The standard InChI is InChI=1S/C13H11ClFN3O3S/c1-8(19)17-12-6-11(15)13(5-10(12)14)22(20,21)18-9-3-2-4-16-7-9/h2-7,18H,1H3,(H,17,19). The topological polar surface area (TPSA) is 88.2 Å². The van der Waals surface area contributed by atoms with Crippen molar-refractivity contribution in [2.24, 2.45) is 0 Å². The van der Waals surface area contributed by atoms with Gasteiger partial charge in [0.25, 0.3) is 10.0 Å². The van der Waals surface area contributed by atoms with E-state index in [9.17, 15) is 17.6 Å². The summed E-state index contributed by atoms with van der Waals surface area (Å²) in [5.74, 6) is -1.49. The van der Waals surface area contributed by atoms with E-state index in [2.05, 4.69) is 15.0 Å². The molecule has 0 unspecified atom stereocenters. The van der Waals surface area contributed by atoms with E-state index >= 15 is 0 Å². The summed E-state index contributed by atoms with van der Waals surface area (Å²) in [4.78, 5) is 14.1. The Morgan fingerprint density at radius 2 is 2.09 bits per heavy atom. The van der Waals surface area contributed by atoms with E-state index in [0.717, 1.165) is 12.1 Å². The molecule has 0 aliphatic rings. The number of nitrogens with one attached hydrogen (secondary N) is 2. The minimum Gasteiger partial charge on any atom is -0.325 e. The summed E-state index contributed by atoms with van der Waals surface area (Å²) in [5, 5.41) is 2.21. The molecular weight excluding hydrogens is 333 g/mol. The summed E-state index contributed by atoms with van der Waals surface area (Å²) < 4.78 is 40.6. The SMILES string of the molecule is CC(=O)Nc1cc(F)c(S(=O)(=O)Nc2cccnc2)cc1Cl. The van der Waals surface area contributed by atoms with Crippen LogP contribution in [0.5, 0.6) is 0 Å². The zero-order valence-corrected chi connectivity index (χ0v) is 12.9. The number of carbonyl (C=O) groups is 1. The molecule has 1 heterocycles. The number of benzene rings is 1. The van der Waals surface area contributed by atoms with Crippen LogP contribution in [0.4, 0.5) is 15.8 Å². The van der Waals surface area contributed by atoms with E-state index in [-0.39, 0.29) is 16.4 Å². The van der Waals surface area contributed by atoms with Gasteiger partial charge in [0, 0.05) is 19.2 Å². The lowest BCUT2D eigenvalue weighted by molar-refractivity contribution is -0.114. The molecule has 0 saturated heterocycles. The van der Waals surface area contributed by atoms with Crippen molar-refractivity contribution >= 4 is 38.9 Å². The van der Waals surface area contributed by atoms with Gasteiger partial charge in [0.15, 0.2) is 0 Å². The van der Waals surface area contributed by atoms with Gasteiger partial charge in [-0.3, -0.25) is 14.5 Å². The minimum atomic E-state index is -4.17. The van der Waals surface area contributed by atoms with E-state index in [1.165, 1.54) is 31.5 Å². The average molecular weight is 344 g/mol. The van der Waals surface area contributed by atoms with Crippen molar-refractivity contribution < 1.29 is 17.6 Å². The first kappa shape index (κ1) is 16.2. The minimum absolute atomic E-state index is 0.00741. The van der Waals surface area contributed by atoms with Crippen molar-refractivity contribution in [3.63, 3.8) is 0 Å². The van der Waals surface area contributed by atoms with Crippen LogP contribution >= 0.6 is 11.6 Å². The molecule has 0 bridgehead atoms. The molecule has 0 atom stereocenters. The number of hydrogen-bond acceptors (Lipinski definition) is 4. The number of hydrogen-bond donors (Lipinski definition) is 2. The molecule has 116 valence electrons. The van der Waals surface area contributed by atoms with Gasteiger partial charge in [-0.15, -0.1) is 0 Å². The second-order valence-electron chi connectivity index (χ2n) is 4.29. The Hall–Kier alpha value is -2.19. The highest BCUT2D eigenvalue weighted by Gasteiger charge is 2.22. The lowest BCUT2D eigenvalue weighted by Gasteiger charge is -2.11. The molecule has 0 spiro atoms. The van der Waals surface area contributed by atoms with Gasteiger partial charge >= 0.3 is 0 Å². The molecule has 1 aromatic heterocycles. The normalized spacial score (nSPS) is 11.0. The van der Waals surface area contributed by atoms with Gasteiger partial charge in [0.05, 0.1) is 22.6 Å². The summed E-state index contributed by atoms with van der Waals surface area (Å²) in [6.07, 6.45) is 2.75. The summed E-state index contributed by atoms with van der Waals surface area (Å²) >= 11 is 5.87. The van der Waals surface area contributed by atoms with Crippen LogP contribution in [0.1, 0.15) is 6.92 Å². The van der Waals surface area contributed by atoms with E-state index in [1.54, 1.807) is 0 Å². The molecule has 0 radical (unpaired) electrons. The number of carbonyl (C=O) groups excluding carboxylic acids is 1. The van der Waals surface area contributed by atoms with Crippen molar-refractivity contribution in [2.45, 2.75) is 11.8 Å². The van der Waals surface area contributed by atoms with Crippen LogP contribution in [-0.2, 0) is 14.8 Å². The molecule has 22 heavy (non-hydrogen) atoms. The Balaban J connectivity index is 2.39. The molecule has 6 nitrogen and oxygen atoms in total. The van der Waals surface area contributed by atoms with Crippen molar-refractivity contribution in [3.05, 3.63) is 47.5 Å². The molecule has 9 heteroatoms. The first-order valence-electron chi connectivity index (χ1n) is 5.99. The van der Waals surface area contributed by atoms with Crippen molar-refractivity contribution in [3.8, 4) is 0 Å². The number of aromatic nitrogens is 1. The second kappa shape index (κ2) is 6.29. The zero-order valence-electron chi connectivity index (χ0n) is 11.3. The van der Waals surface area contributed by atoms with E-state index < -0.39 is 26.6 Å². The predicted molar refractivity (Wildman–Crippen MR) is 80.8 cm³/mol. The maximum Gasteiger partial charge on any atom is 0.264 e. The molecule has 2 aromatic rings. The summed E-state index contributed by atoms with van der Waals surface area (Å²) in [6, 6.07) is 4.78. The monoisotopic (exact) mass is 343 g/mol. The molecule has 1 amide bonds. The number of sulfonamides is 1. The Kier molecular flexibility index (Phi) is 4.62. The third-order valence-corrected chi connectivity index (χ3v) is 4.24. The fraction of sp³-hybridized carbons (Fsp3) is 0.0769. The maximum atomic E-state index is 14.0. The molecular formula is C13H11ClFN3O3S. The Bertz CT molecular complexity index is 813. The summed E-state index contributed by atoms with van der Waals surface area (Å²) in [5.41, 5.74) is 0.177. The van der Waals surface area contributed by atoms with Gasteiger partial charge in [-0.25, -0.2) is 12.8 Å². The highest BCUT2D eigenvalue weighted by atomic mass is 35.5. The summed E-state index contributed by atoms with van der Waals surface area (Å²) in [6.45, 7) is 1.23. The number of halogens is 2. The maximum absolute atomic E-state index is 14.0.